The summed E-state index contributed by atoms with van der Waals surface area (Å²) < 4.78 is 31.2. The van der Waals surface area contributed by atoms with Crippen LogP contribution in [-0.4, -0.2) is 19.8 Å². The number of nitrogens with zero attached hydrogens (tertiary/aromatic N) is 1. The van der Waals surface area contributed by atoms with Crippen LogP contribution in [0.5, 0.6) is 0 Å². The molecule has 19 heavy (non-hydrogen) atoms. The van der Waals surface area contributed by atoms with Gasteiger partial charge in [-0.05, 0) is 24.6 Å². The summed E-state index contributed by atoms with van der Waals surface area (Å²) in [5, 5.41) is 0. The van der Waals surface area contributed by atoms with Crippen molar-refractivity contribution in [3.8, 4) is 0 Å². The van der Waals surface area contributed by atoms with Gasteiger partial charge in [0, 0.05) is 19.2 Å². The lowest BCUT2D eigenvalue weighted by Crippen LogP contribution is -2.27. The molecular weight excluding hydrogens is 264 g/mol. The minimum Gasteiger partial charge on any atom is -0.472 e. The van der Waals surface area contributed by atoms with Gasteiger partial charge in [-0.3, -0.25) is 0 Å². The molecule has 0 atom stereocenters. The third-order valence-electron chi connectivity index (χ3n) is 2.90. The third-order valence-corrected chi connectivity index (χ3v) is 4.92. The monoisotopic (exact) mass is 280 g/mol. The van der Waals surface area contributed by atoms with Crippen LogP contribution in [0.4, 0.5) is 5.69 Å². The van der Waals surface area contributed by atoms with E-state index in [1.165, 1.54) is 23.9 Å². The summed E-state index contributed by atoms with van der Waals surface area (Å²) in [6.45, 7) is 1.97. The summed E-state index contributed by atoms with van der Waals surface area (Å²) in [5.74, 6) is 0. The van der Waals surface area contributed by atoms with Crippen LogP contribution in [-0.2, 0) is 16.6 Å². The summed E-state index contributed by atoms with van der Waals surface area (Å²) in [6.07, 6.45) is 3.03. The molecular formula is C13H16N2O3S. The molecule has 1 aromatic carbocycles. The summed E-state index contributed by atoms with van der Waals surface area (Å²) in [7, 11) is -2.09. The molecule has 0 radical (unpaired) electrons. The number of aryl methyl sites for hydroxylation is 1. The van der Waals surface area contributed by atoms with Crippen LogP contribution in [0.2, 0.25) is 0 Å². The van der Waals surface area contributed by atoms with E-state index in [1.807, 2.05) is 0 Å². The van der Waals surface area contributed by atoms with Crippen molar-refractivity contribution in [2.24, 2.45) is 0 Å². The Bertz CT molecular complexity index is 643. The first kappa shape index (κ1) is 13.6. The Morgan fingerprint density at radius 2 is 2.05 bits per heavy atom. The Kier molecular flexibility index (Phi) is 3.64. The van der Waals surface area contributed by atoms with E-state index in [1.54, 1.807) is 31.2 Å². The highest BCUT2D eigenvalue weighted by Gasteiger charge is 2.25. The summed E-state index contributed by atoms with van der Waals surface area (Å²) in [4.78, 5) is 0.168. The second-order valence-electron chi connectivity index (χ2n) is 4.39. The first-order valence-corrected chi connectivity index (χ1v) is 7.19. The van der Waals surface area contributed by atoms with Crippen LogP contribution in [0.15, 0.2) is 46.1 Å². The molecule has 0 saturated heterocycles. The second-order valence-corrected chi connectivity index (χ2v) is 6.37. The van der Waals surface area contributed by atoms with E-state index >= 15 is 0 Å². The van der Waals surface area contributed by atoms with Crippen LogP contribution in [0, 0.1) is 6.92 Å². The molecule has 6 heteroatoms. The maximum atomic E-state index is 12.5. The fourth-order valence-electron chi connectivity index (χ4n) is 1.91. The zero-order valence-corrected chi connectivity index (χ0v) is 11.6. The zero-order chi connectivity index (χ0) is 14.0. The van der Waals surface area contributed by atoms with Gasteiger partial charge in [-0.2, -0.15) is 4.31 Å². The SMILES string of the molecule is Cc1cccc(N)c1S(=O)(=O)N(C)Cc1ccoc1. The Balaban J connectivity index is 2.37. The van der Waals surface area contributed by atoms with E-state index in [4.69, 9.17) is 10.2 Å². The minimum atomic E-state index is -3.61. The van der Waals surface area contributed by atoms with Crippen molar-refractivity contribution < 1.29 is 12.8 Å². The lowest BCUT2D eigenvalue weighted by Gasteiger charge is -2.19. The van der Waals surface area contributed by atoms with Gasteiger partial charge in [0.05, 0.1) is 18.2 Å². The highest BCUT2D eigenvalue weighted by Crippen LogP contribution is 2.26. The average Bonchev–Trinajstić information content (AvgIpc) is 2.81. The number of nitrogen functional groups attached to an aromatic ring is 1. The fourth-order valence-corrected chi connectivity index (χ4v) is 3.38. The Hall–Kier alpha value is -1.79. The lowest BCUT2D eigenvalue weighted by atomic mass is 10.2. The molecule has 5 nitrogen and oxygen atoms in total. The summed E-state index contributed by atoms with van der Waals surface area (Å²) >= 11 is 0. The van der Waals surface area contributed by atoms with Gasteiger partial charge in [0.25, 0.3) is 0 Å². The molecule has 0 saturated carbocycles. The summed E-state index contributed by atoms with van der Waals surface area (Å²) in [5.41, 5.74) is 7.49. The smallest absolute Gasteiger partial charge is 0.245 e. The van der Waals surface area contributed by atoms with Crippen LogP contribution in [0.3, 0.4) is 0 Å². The predicted molar refractivity (Wildman–Crippen MR) is 73.0 cm³/mol. The number of hydrogen-bond donors (Lipinski definition) is 1. The molecule has 2 rings (SSSR count). The minimum absolute atomic E-state index is 0.168. The molecule has 2 aromatic rings. The average molecular weight is 280 g/mol. The van der Waals surface area contributed by atoms with E-state index in [0.717, 1.165) is 5.56 Å². The van der Waals surface area contributed by atoms with E-state index in [9.17, 15) is 8.42 Å². The van der Waals surface area contributed by atoms with Gasteiger partial charge in [0.1, 0.15) is 4.90 Å². The van der Waals surface area contributed by atoms with Crippen molar-refractivity contribution in [1.82, 2.24) is 4.31 Å². The van der Waals surface area contributed by atoms with Crippen LogP contribution < -0.4 is 5.73 Å². The number of hydrogen-bond acceptors (Lipinski definition) is 4. The molecule has 0 unspecified atom stereocenters. The van der Waals surface area contributed by atoms with Crippen molar-refractivity contribution in [2.45, 2.75) is 18.4 Å². The molecule has 0 aliphatic heterocycles. The Morgan fingerprint density at radius 3 is 2.63 bits per heavy atom. The number of anilines is 1. The number of nitrogens with two attached hydrogens (primary N) is 1. The van der Waals surface area contributed by atoms with E-state index in [-0.39, 0.29) is 17.1 Å². The van der Waals surface area contributed by atoms with Gasteiger partial charge in [-0.15, -0.1) is 0 Å². The highest BCUT2D eigenvalue weighted by molar-refractivity contribution is 7.89. The van der Waals surface area contributed by atoms with Crippen molar-refractivity contribution in [1.29, 1.82) is 0 Å². The van der Waals surface area contributed by atoms with Gasteiger partial charge in [-0.1, -0.05) is 12.1 Å². The molecule has 0 aliphatic rings. The molecule has 0 amide bonds. The normalized spacial score (nSPS) is 11.9. The molecule has 2 N–H and O–H groups in total. The number of benzene rings is 1. The van der Waals surface area contributed by atoms with Crippen LogP contribution in [0.25, 0.3) is 0 Å². The Morgan fingerprint density at radius 1 is 1.32 bits per heavy atom. The van der Waals surface area contributed by atoms with Gasteiger partial charge in [0.15, 0.2) is 0 Å². The number of sulfonamides is 1. The van der Waals surface area contributed by atoms with Crippen LogP contribution in [0.1, 0.15) is 11.1 Å². The summed E-state index contributed by atoms with van der Waals surface area (Å²) in [6, 6.07) is 6.79. The molecule has 0 bridgehead atoms. The lowest BCUT2D eigenvalue weighted by molar-refractivity contribution is 0.463. The first-order chi connectivity index (χ1) is 8.93. The molecule has 0 aliphatic carbocycles. The van der Waals surface area contributed by atoms with Gasteiger partial charge in [0.2, 0.25) is 10.0 Å². The molecule has 0 fully saturated rings. The van der Waals surface area contributed by atoms with Crippen LogP contribution >= 0.6 is 0 Å². The molecule has 1 aromatic heterocycles. The zero-order valence-electron chi connectivity index (χ0n) is 10.8. The number of rotatable bonds is 4. The van der Waals surface area contributed by atoms with Gasteiger partial charge in [-0.25, -0.2) is 8.42 Å². The Labute approximate surface area is 112 Å². The maximum Gasteiger partial charge on any atom is 0.245 e. The quantitative estimate of drug-likeness (QED) is 0.869. The molecule has 1 heterocycles. The van der Waals surface area contributed by atoms with E-state index in [2.05, 4.69) is 0 Å². The van der Waals surface area contributed by atoms with Crippen molar-refractivity contribution in [2.75, 3.05) is 12.8 Å². The topological polar surface area (TPSA) is 76.5 Å². The van der Waals surface area contributed by atoms with Gasteiger partial charge < -0.3 is 10.2 Å². The maximum absolute atomic E-state index is 12.5. The van der Waals surface area contributed by atoms with Crippen molar-refractivity contribution in [3.63, 3.8) is 0 Å². The molecule has 0 spiro atoms. The van der Waals surface area contributed by atoms with Crippen molar-refractivity contribution >= 4 is 15.7 Å². The fraction of sp³-hybridized carbons (Fsp3) is 0.231. The number of furan rings is 1. The standard InChI is InChI=1S/C13H16N2O3S/c1-10-4-3-5-12(14)13(10)19(16,17)15(2)8-11-6-7-18-9-11/h3-7,9H,8,14H2,1-2H3. The first-order valence-electron chi connectivity index (χ1n) is 5.75. The van der Waals surface area contributed by atoms with Crippen molar-refractivity contribution in [3.05, 3.63) is 47.9 Å². The van der Waals surface area contributed by atoms with E-state index < -0.39 is 10.0 Å². The van der Waals surface area contributed by atoms with Gasteiger partial charge >= 0.3 is 0 Å². The molecule has 102 valence electrons. The highest BCUT2D eigenvalue weighted by atomic mass is 32.2. The largest absolute Gasteiger partial charge is 0.472 e. The van der Waals surface area contributed by atoms with E-state index in [0.29, 0.717) is 5.56 Å². The third kappa shape index (κ3) is 2.64. The predicted octanol–water partition coefficient (Wildman–Crippen LogP) is 1.99. The second kappa shape index (κ2) is 5.07.